The Labute approximate surface area is 176 Å². The molecule has 28 heavy (non-hydrogen) atoms. The van der Waals surface area contributed by atoms with E-state index in [2.05, 4.69) is 16.0 Å². The van der Waals surface area contributed by atoms with E-state index in [9.17, 15) is 9.59 Å². The Bertz CT molecular complexity index is 760. The number of hydrogen-bond acceptors (Lipinski definition) is 5. The van der Waals surface area contributed by atoms with Gasteiger partial charge in [0.1, 0.15) is 11.5 Å². The Balaban J connectivity index is 0.00000196. The topological polar surface area (TPSA) is 105 Å². The Morgan fingerprint density at radius 1 is 1.04 bits per heavy atom. The molecule has 2 aromatic carbocycles. The summed E-state index contributed by atoms with van der Waals surface area (Å²) in [5.74, 6) is 1.10. The van der Waals surface area contributed by atoms with Crippen LogP contribution in [0.2, 0.25) is 0 Å². The molecule has 2 aromatic rings. The number of halogens is 2. The summed E-state index contributed by atoms with van der Waals surface area (Å²) in [4.78, 5) is 23.7. The fourth-order valence-electron chi connectivity index (χ4n) is 2.79. The van der Waals surface area contributed by atoms with E-state index < -0.39 is 0 Å². The maximum atomic E-state index is 12.3. The Kier molecular flexibility index (Phi) is 9.75. The highest BCUT2D eigenvalue weighted by atomic mass is 35.5. The Morgan fingerprint density at radius 2 is 1.68 bits per heavy atom. The minimum atomic E-state index is -0.349. The van der Waals surface area contributed by atoms with E-state index in [1.54, 1.807) is 24.3 Å². The predicted molar refractivity (Wildman–Crippen MR) is 113 cm³/mol. The normalized spacial score (nSPS) is 17.6. The van der Waals surface area contributed by atoms with E-state index in [-0.39, 0.29) is 55.3 Å². The van der Waals surface area contributed by atoms with Gasteiger partial charge < -0.3 is 26.4 Å². The second-order valence-corrected chi connectivity index (χ2v) is 6.09. The standard InChI is InChI=1S/C19H22N4O3.2ClH/c20-11-18(24)22-14-10-17(21-12-14)19(25)23-13-6-8-16(9-7-13)26-15-4-2-1-3-5-15;;/h1-9,14,17,21H,10-12,20H2,(H,22,24)(H,23,25);2*1H/t14-,17+;;/m1../s1. The van der Waals surface area contributed by atoms with Crippen molar-refractivity contribution in [2.75, 3.05) is 18.4 Å². The molecule has 2 amide bonds. The number of nitrogens with two attached hydrogens (primary N) is 1. The number of para-hydroxylation sites is 1. The first-order valence-electron chi connectivity index (χ1n) is 8.50. The van der Waals surface area contributed by atoms with Crippen LogP contribution in [-0.4, -0.2) is 37.0 Å². The van der Waals surface area contributed by atoms with Gasteiger partial charge in [0.2, 0.25) is 11.8 Å². The van der Waals surface area contributed by atoms with Crippen molar-refractivity contribution in [3.8, 4) is 11.5 Å². The molecular formula is C19H24Cl2N4O3. The first-order chi connectivity index (χ1) is 12.6. The summed E-state index contributed by atoms with van der Waals surface area (Å²) in [6.07, 6.45) is 0.534. The number of carbonyl (C=O) groups is 2. The largest absolute Gasteiger partial charge is 0.457 e. The molecule has 0 aromatic heterocycles. The lowest BCUT2D eigenvalue weighted by Gasteiger charge is -2.13. The molecule has 0 bridgehead atoms. The summed E-state index contributed by atoms with van der Waals surface area (Å²) in [6.45, 7) is 0.498. The molecular weight excluding hydrogens is 403 g/mol. The number of benzene rings is 2. The van der Waals surface area contributed by atoms with Crippen LogP contribution in [0.4, 0.5) is 5.69 Å². The van der Waals surface area contributed by atoms with Crippen LogP contribution in [0.3, 0.4) is 0 Å². The molecule has 152 valence electrons. The van der Waals surface area contributed by atoms with Crippen LogP contribution in [0.1, 0.15) is 6.42 Å². The van der Waals surface area contributed by atoms with E-state index >= 15 is 0 Å². The van der Waals surface area contributed by atoms with E-state index in [0.717, 1.165) is 5.75 Å². The van der Waals surface area contributed by atoms with Gasteiger partial charge >= 0.3 is 0 Å². The van der Waals surface area contributed by atoms with Crippen molar-refractivity contribution >= 4 is 42.3 Å². The van der Waals surface area contributed by atoms with Crippen LogP contribution in [0.25, 0.3) is 0 Å². The number of rotatable bonds is 6. The van der Waals surface area contributed by atoms with Crippen LogP contribution in [0, 0.1) is 0 Å². The molecule has 0 unspecified atom stereocenters. The lowest BCUT2D eigenvalue weighted by Crippen LogP contribution is -2.39. The number of carbonyl (C=O) groups excluding carboxylic acids is 2. The number of anilines is 1. The van der Waals surface area contributed by atoms with Crippen LogP contribution < -0.4 is 26.4 Å². The quantitative estimate of drug-likeness (QED) is 0.565. The maximum Gasteiger partial charge on any atom is 0.241 e. The van der Waals surface area contributed by atoms with E-state index in [0.29, 0.717) is 24.4 Å². The molecule has 2 atom stereocenters. The van der Waals surface area contributed by atoms with E-state index in [4.69, 9.17) is 10.5 Å². The second-order valence-electron chi connectivity index (χ2n) is 6.09. The molecule has 0 aliphatic carbocycles. The van der Waals surface area contributed by atoms with Crippen molar-refractivity contribution in [3.63, 3.8) is 0 Å². The Hall–Kier alpha value is -2.32. The minimum absolute atomic E-state index is 0. The SMILES string of the molecule is Cl.Cl.NCC(=O)N[C@H]1CN[C@H](C(=O)Nc2ccc(Oc3ccccc3)cc2)C1. The van der Waals surface area contributed by atoms with Crippen molar-refractivity contribution in [2.24, 2.45) is 5.73 Å². The summed E-state index contributed by atoms with van der Waals surface area (Å²) in [6, 6.07) is 16.2. The third-order valence-electron chi connectivity index (χ3n) is 4.10. The molecule has 0 radical (unpaired) electrons. The average molecular weight is 427 g/mol. The zero-order valence-corrected chi connectivity index (χ0v) is 16.7. The van der Waals surface area contributed by atoms with Gasteiger partial charge in [0.25, 0.3) is 0 Å². The fraction of sp³-hybridized carbons (Fsp3) is 0.263. The van der Waals surface area contributed by atoms with Crippen LogP contribution in [0.15, 0.2) is 54.6 Å². The lowest BCUT2D eigenvalue weighted by atomic mass is 10.1. The van der Waals surface area contributed by atoms with Gasteiger partial charge in [-0.15, -0.1) is 24.8 Å². The molecule has 0 spiro atoms. The van der Waals surface area contributed by atoms with Crippen molar-refractivity contribution in [3.05, 3.63) is 54.6 Å². The minimum Gasteiger partial charge on any atom is -0.457 e. The summed E-state index contributed by atoms with van der Waals surface area (Å²) in [5, 5.41) is 8.76. The predicted octanol–water partition coefficient (Wildman–Crippen LogP) is 2.07. The summed E-state index contributed by atoms with van der Waals surface area (Å²) >= 11 is 0. The zero-order chi connectivity index (χ0) is 18.4. The van der Waals surface area contributed by atoms with E-state index in [1.807, 2.05) is 30.3 Å². The van der Waals surface area contributed by atoms with Crippen molar-refractivity contribution < 1.29 is 14.3 Å². The van der Waals surface area contributed by atoms with Crippen LogP contribution in [-0.2, 0) is 9.59 Å². The molecule has 7 nitrogen and oxygen atoms in total. The summed E-state index contributed by atoms with van der Waals surface area (Å²) < 4.78 is 5.72. The molecule has 5 N–H and O–H groups in total. The number of amides is 2. The van der Waals surface area contributed by atoms with Gasteiger partial charge in [-0.2, -0.15) is 0 Å². The highest BCUT2D eigenvalue weighted by Crippen LogP contribution is 2.23. The molecule has 1 heterocycles. The van der Waals surface area contributed by atoms with Crippen LogP contribution in [0.5, 0.6) is 11.5 Å². The van der Waals surface area contributed by atoms with Gasteiger partial charge in [0.15, 0.2) is 0 Å². The van der Waals surface area contributed by atoms with Crippen molar-refractivity contribution in [2.45, 2.75) is 18.5 Å². The molecule has 3 rings (SSSR count). The van der Waals surface area contributed by atoms with E-state index in [1.165, 1.54) is 0 Å². The number of nitrogens with one attached hydrogen (secondary N) is 3. The molecule has 9 heteroatoms. The lowest BCUT2D eigenvalue weighted by molar-refractivity contribution is -0.121. The Morgan fingerprint density at radius 3 is 2.32 bits per heavy atom. The molecule has 1 fully saturated rings. The highest BCUT2D eigenvalue weighted by Gasteiger charge is 2.30. The van der Waals surface area contributed by atoms with Gasteiger partial charge in [-0.05, 0) is 42.8 Å². The first kappa shape index (κ1) is 23.7. The fourth-order valence-corrected chi connectivity index (χ4v) is 2.79. The zero-order valence-electron chi connectivity index (χ0n) is 15.1. The van der Waals surface area contributed by atoms with Gasteiger partial charge in [-0.1, -0.05) is 18.2 Å². The van der Waals surface area contributed by atoms with Gasteiger partial charge in [-0.3, -0.25) is 9.59 Å². The van der Waals surface area contributed by atoms with Crippen molar-refractivity contribution in [1.82, 2.24) is 10.6 Å². The monoisotopic (exact) mass is 426 g/mol. The molecule has 1 aliphatic rings. The summed E-state index contributed by atoms with van der Waals surface area (Å²) in [5.41, 5.74) is 5.97. The van der Waals surface area contributed by atoms with Gasteiger partial charge in [0.05, 0.1) is 12.6 Å². The second kappa shape index (κ2) is 11.5. The highest BCUT2D eigenvalue weighted by molar-refractivity contribution is 5.95. The number of hydrogen-bond donors (Lipinski definition) is 4. The third-order valence-corrected chi connectivity index (χ3v) is 4.10. The van der Waals surface area contributed by atoms with Gasteiger partial charge in [0, 0.05) is 18.3 Å². The summed E-state index contributed by atoms with van der Waals surface area (Å²) in [7, 11) is 0. The van der Waals surface area contributed by atoms with Gasteiger partial charge in [-0.25, -0.2) is 0 Å². The van der Waals surface area contributed by atoms with Crippen molar-refractivity contribution in [1.29, 1.82) is 0 Å². The molecule has 0 saturated carbocycles. The smallest absolute Gasteiger partial charge is 0.241 e. The maximum absolute atomic E-state index is 12.3. The molecule has 1 saturated heterocycles. The average Bonchev–Trinajstić information content (AvgIpc) is 3.12. The molecule has 1 aliphatic heterocycles. The first-order valence-corrected chi connectivity index (χ1v) is 8.50. The van der Waals surface area contributed by atoms with Crippen LogP contribution >= 0.6 is 24.8 Å². The number of ether oxygens (including phenoxy) is 1. The third kappa shape index (κ3) is 6.69.